The average Bonchev–Trinajstić information content (AvgIpc) is 2.56. The van der Waals surface area contributed by atoms with Gasteiger partial charge in [-0.2, -0.15) is 0 Å². The van der Waals surface area contributed by atoms with Crippen LogP contribution in [0.5, 0.6) is 11.5 Å². The second kappa shape index (κ2) is 7.58. The summed E-state index contributed by atoms with van der Waals surface area (Å²) in [6.07, 6.45) is 2.93. The molecule has 2 aromatic rings. The predicted molar refractivity (Wildman–Crippen MR) is 87.1 cm³/mol. The zero-order valence-electron chi connectivity index (χ0n) is 12.4. The maximum absolute atomic E-state index is 10.4. The van der Waals surface area contributed by atoms with Crippen LogP contribution in [-0.4, -0.2) is 39.4 Å². The van der Waals surface area contributed by atoms with Crippen LogP contribution in [0, 0.1) is 0 Å². The van der Waals surface area contributed by atoms with E-state index in [9.17, 15) is 20.1 Å². The highest BCUT2D eigenvalue weighted by Gasteiger charge is 2.12. The molecule has 0 bridgehead atoms. The molecule has 1 atom stereocenters. The number of rotatable bonds is 6. The van der Waals surface area contributed by atoms with Crippen molar-refractivity contribution in [2.45, 2.75) is 12.5 Å². The number of carbonyl (C=O) groups is 1. The van der Waals surface area contributed by atoms with E-state index in [1.807, 2.05) is 0 Å². The van der Waals surface area contributed by atoms with Gasteiger partial charge in [-0.15, -0.1) is 0 Å². The molecule has 0 heterocycles. The molecule has 120 valence electrons. The monoisotopic (exact) mass is 314 g/mol. The number of aliphatic hydroxyl groups excluding tert-OH is 2. The molecule has 2 aromatic carbocycles. The number of phenols is 2. The molecule has 0 aromatic heterocycles. The molecule has 2 rings (SSSR count). The van der Waals surface area contributed by atoms with Crippen molar-refractivity contribution in [2.24, 2.45) is 0 Å². The maximum atomic E-state index is 10.4. The van der Waals surface area contributed by atoms with E-state index in [1.54, 1.807) is 30.3 Å². The van der Waals surface area contributed by atoms with Crippen molar-refractivity contribution < 1.29 is 25.2 Å². The lowest BCUT2D eigenvalue weighted by molar-refractivity contribution is -0.104. The molecule has 4 N–H and O–H groups in total. The minimum Gasteiger partial charge on any atom is -0.507 e. The third-order valence-corrected chi connectivity index (χ3v) is 3.42. The molecule has 5 nitrogen and oxygen atoms in total. The van der Waals surface area contributed by atoms with Gasteiger partial charge in [-0.05, 0) is 41.5 Å². The molecule has 0 saturated heterocycles. The average molecular weight is 314 g/mol. The number of carbonyl (C=O) groups excluding carboxylic acids is 1. The maximum Gasteiger partial charge on any atom is 0.142 e. The summed E-state index contributed by atoms with van der Waals surface area (Å²) in [5, 5.41) is 38.6. The first kappa shape index (κ1) is 16.7. The van der Waals surface area contributed by atoms with Gasteiger partial charge in [0.15, 0.2) is 0 Å². The summed E-state index contributed by atoms with van der Waals surface area (Å²) in [5.74, 6) is -0.0255. The van der Waals surface area contributed by atoms with E-state index in [0.717, 1.165) is 0 Å². The van der Waals surface area contributed by atoms with Gasteiger partial charge in [0.25, 0.3) is 0 Å². The second-order valence-electron chi connectivity index (χ2n) is 5.16. The molecule has 0 aliphatic carbocycles. The Morgan fingerprint density at radius 1 is 1.00 bits per heavy atom. The standard InChI is InChI=1S/C18H18O5/c19-7-1-2-12-3-5-17(22)15(9-12)16-10-13(4-6-18(16)23)8-14(21)11-20/h1-7,9-10,14,20-23H,8,11H2/b2-1+. The van der Waals surface area contributed by atoms with Gasteiger partial charge < -0.3 is 20.4 Å². The number of phenolic OH excluding ortho intramolecular Hbond substituents is 2. The lowest BCUT2D eigenvalue weighted by Gasteiger charge is -2.12. The van der Waals surface area contributed by atoms with Crippen LogP contribution in [0.4, 0.5) is 0 Å². The molecule has 0 spiro atoms. The molecule has 5 heteroatoms. The van der Waals surface area contributed by atoms with E-state index in [-0.39, 0.29) is 24.5 Å². The molecule has 0 saturated carbocycles. The highest BCUT2D eigenvalue weighted by Crippen LogP contribution is 2.37. The van der Waals surface area contributed by atoms with E-state index in [0.29, 0.717) is 28.5 Å². The summed E-state index contributed by atoms with van der Waals surface area (Å²) in [7, 11) is 0. The predicted octanol–water partition coefficient (Wildman–Crippen LogP) is 1.87. The number of hydrogen-bond acceptors (Lipinski definition) is 5. The molecule has 0 aliphatic rings. The number of aromatic hydroxyl groups is 2. The zero-order valence-corrected chi connectivity index (χ0v) is 12.4. The van der Waals surface area contributed by atoms with Crippen LogP contribution in [0.25, 0.3) is 17.2 Å². The molecule has 0 fully saturated rings. The largest absolute Gasteiger partial charge is 0.507 e. The summed E-state index contributed by atoms with van der Waals surface area (Å²) in [6.45, 7) is -0.354. The Morgan fingerprint density at radius 2 is 1.65 bits per heavy atom. The molecule has 0 radical (unpaired) electrons. The Bertz CT molecular complexity index is 721. The van der Waals surface area contributed by atoms with E-state index in [1.165, 1.54) is 18.2 Å². The van der Waals surface area contributed by atoms with Crippen molar-refractivity contribution in [3.63, 3.8) is 0 Å². The number of allylic oxidation sites excluding steroid dienone is 1. The molecule has 1 unspecified atom stereocenters. The fourth-order valence-corrected chi connectivity index (χ4v) is 2.29. The van der Waals surface area contributed by atoms with Gasteiger partial charge in [-0.25, -0.2) is 0 Å². The van der Waals surface area contributed by atoms with Crippen molar-refractivity contribution in [2.75, 3.05) is 6.61 Å². The topological polar surface area (TPSA) is 98.0 Å². The van der Waals surface area contributed by atoms with E-state index >= 15 is 0 Å². The molecule has 23 heavy (non-hydrogen) atoms. The minimum absolute atomic E-state index is 0.0107. The zero-order chi connectivity index (χ0) is 16.8. The Morgan fingerprint density at radius 3 is 2.30 bits per heavy atom. The molecular weight excluding hydrogens is 296 g/mol. The van der Waals surface area contributed by atoms with Crippen molar-refractivity contribution in [1.29, 1.82) is 0 Å². The van der Waals surface area contributed by atoms with Crippen LogP contribution in [0.15, 0.2) is 42.5 Å². The quantitative estimate of drug-likeness (QED) is 0.482. The SMILES string of the molecule is O=C/C=C/c1ccc(O)c(-c2cc(CC(O)CO)ccc2O)c1. The molecule has 0 aliphatic heterocycles. The lowest BCUT2D eigenvalue weighted by Crippen LogP contribution is -2.14. The van der Waals surface area contributed by atoms with Crippen LogP contribution in [0.3, 0.4) is 0 Å². The number of aliphatic hydroxyl groups is 2. The third-order valence-electron chi connectivity index (χ3n) is 3.42. The summed E-state index contributed by atoms with van der Waals surface area (Å²) in [4.78, 5) is 10.4. The fourth-order valence-electron chi connectivity index (χ4n) is 2.29. The van der Waals surface area contributed by atoms with Gasteiger partial charge in [0.1, 0.15) is 17.8 Å². The summed E-state index contributed by atoms with van der Waals surface area (Å²) < 4.78 is 0. The summed E-state index contributed by atoms with van der Waals surface area (Å²) >= 11 is 0. The smallest absolute Gasteiger partial charge is 0.142 e. The van der Waals surface area contributed by atoms with Gasteiger partial charge in [-0.1, -0.05) is 18.2 Å². The minimum atomic E-state index is -0.886. The number of benzene rings is 2. The molecule has 0 amide bonds. The third kappa shape index (κ3) is 4.18. The summed E-state index contributed by atoms with van der Waals surface area (Å²) in [5.41, 5.74) is 2.24. The van der Waals surface area contributed by atoms with Gasteiger partial charge >= 0.3 is 0 Å². The van der Waals surface area contributed by atoms with Gasteiger partial charge in [0.2, 0.25) is 0 Å². The Kier molecular flexibility index (Phi) is 5.51. The first-order valence-electron chi connectivity index (χ1n) is 7.11. The van der Waals surface area contributed by atoms with Crippen molar-refractivity contribution in [3.8, 4) is 22.6 Å². The van der Waals surface area contributed by atoms with E-state index in [2.05, 4.69) is 0 Å². The van der Waals surface area contributed by atoms with Crippen LogP contribution >= 0.6 is 0 Å². The Labute approximate surface area is 133 Å². The van der Waals surface area contributed by atoms with Crippen LogP contribution < -0.4 is 0 Å². The van der Waals surface area contributed by atoms with Crippen LogP contribution in [-0.2, 0) is 11.2 Å². The number of aldehydes is 1. The second-order valence-corrected chi connectivity index (χ2v) is 5.16. The normalized spacial score (nSPS) is 12.4. The number of hydrogen-bond donors (Lipinski definition) is 4. The first-order chi connectivity index (χ1) is 11.0. The van der Waals surface area contributed by atoms with Gasteiger partial charge in [0.05, 0.1) is 12.7 Å². The van der Waals surface area contributed by atoms with E-state index in [4.69, 9.17) is 5.11 Å². The van der Waals surface area contributed by atoms with Gasteiger partial charge in [-0.3, -0.25) is 4.79 Å². The van der Waals surface area contributed by atoms with Crippen molar-refractivity contribution in [3.05, 3.63) is 53.6 Å². The highest BCUT2D eigenvalue weighted by molar-refractivity contribution is 5.80. The van der Waals surface area contributed by atoms with Gasteiger partial charge in [0, 0.05) is 17.5 Å². The van der Waals surface area contributed by atoms with Crippen molar-refractivity contribution in [1.82, 2.24) is 0 Å². The van der Waals surface area contributed by atoms with Crippen molar-refractivity contribution >= 4 is 12.4 Å². The summed E-state index contributed by atoms with van der Waals surface area (Å²) in [6, 6.07) is 9.55. The first-order valence-corrected chi connectivity index (χ1v) is 7.11. The lowest BCUT2D eigenvalue weighted by atomic mass is 9.97. The van der Waals surface area contributed by atoms with E-state index < -0.39 is 6.10 Å². The Hall–Kier alpha value is -2.63. The highest BCUT2D eigenvalue weighted by atomic mass is 16.3. The van der Waals surface area contributed by atoms with Crippen LogP contribution in [0.2, 0.25) is 0 Å². The van der Waals surface area contributed by atoms with Crippen LogP contribution in [0.1, 0.15) is 11.1 Å². The Balaban J connectivity index is 2.46. The fraction of sp³-hybridized carbons (Fsp3) is 0.167. The molecular formula is C18H18O5.